The van der Waals surface area contributed by atoms with Crippen molar-refractivity contribution in [1.29, 1.82) is 10.8 Å². The van der Waals surface area contributed by atoms with Gasteiger partial charge < -0.3 is 5.11 Å². The third-order valence-corrected chi connectivity index (χ3v) is 2.76. The first-order chi connectivity index (χ1) is 9.74. The summed E-state index contributed by atoms with van der Waals surface area (Å²) in [4.78, 5) is 16.7. The number of isocyanates is 2. The van der Waals surface area contributed by atoms with Crippen molar-refractivity contribution in [2.45, 2.75) is 77.6 Å². The lowest BCUT2D eigenvalue weighted by atomic mass is 10.1. The van der Waals surface area contributed by atoms with Gasteiger partial charge in [0.05, 0.1) is 0 Å². The topological polar surface area (TPSA) is 102 Å². The molecule has 0 amide bonds. The Bertz CT molecular complexity index is 197. The molecule has 0 radical (unpaired) electrons. The van der Waals surface area contributed by atoms with E-state index in [1.165, 1.54) is 64.2 Å². The fraction of sp³-hybridized carbons (Fsp3) is 0.867. The van der Waals surface area contributed by atoms with E-state index in [1.807, 2.05) is 0 Å². The van der Waals surface area contributed by atoms with Gasteiger partial charge in [0, 0.05) is 6.61 Å². The molecule has 0 fully saturated rings. The summed E-state index contributed by atoms with van der Waals surface area (Å²) in [5.74, 6) is 0. The quantitative estimate of drug-likeness (QED) is 0.303. The highest BCUT2D eigenvalue weighted by molar-refractivity contribution is 5.26. The van der Waals surface area contributed by atoms with Crippen LogP contribution in [0.4, 0.5) is 0 Å². The first kappa shape index (κ1) is 23.8. The zero-order chi connectivity index (χ0) is 15.9. The summed E-state index contributed by atoms with van der Waals surface area (Å²) in [5, 5.41) is 19.4. The van der Waals surface area contributed by atoms with Crippen LogP contribution < -0.4 is 0 Å². The zero-order valence-corrected chi connectivity index (χ0v) is 12.7. The fourth-order valence-corrected chi connectivity index (χ4v) is 1.78. The maximum atomic E-state index is 8.59. The van der Waals surface area contributed by atoms with Crippen LogP contribution in [0.25, 0.3) is 0 Å². The first-order valence-corrected chi connectivity index (χ1v) is 7.43. The maximum Gasteiger partial charge on any atom is 0.231 e. The molecule has 3 N–H and O–H groups in total. The van der Waals surface area contributed by atoms with Crippen LogP contribution in [0.15, 0.2) is 0 Å². The van der Waals surface area contributed by atoms with Crippen LogP contribution in [0.2, 0.25) is 0 Å². The Balaban J connectivity index is -0.000000408. The molecule has 5 heteroatoms. The second kappa shape index (κ2) is 30.6. The van der Waals surface area contributed by atoms with Crippen LogP contribution >= 0.6 is 0 Å². The molecule has 0 aromatic heterocycles. The molecular weight excluding hydrogens is 256 g/mol. The molecule has 0 aromatic carbocycles. The van der Waals surface area contributed by atoms with Gasteiger partial charge in [0.15, 0.2) is 0 Å². The number of carbonyl (C=O) groups excluding carboxylic acids is 2. The summed E-state index contributed by atoms with van der Waals surface area (Å²) in [7, 11) is 0. The highest BCUT2D eigenvalue weighted by atomic mass is 16.2. The van der Waals surface area contributed by atoms with Crippen LogP contribution in [0, 0.1) is 10.8 Å². The molecule has 118 valence electrons. The molecule has 0 atom stereocenters. The van der Waals surface area contributed by atoms with Gasteiger partial charge in [-0.25, -0.2) is 20.4 Å². The SMILES string of the molecule is CCCCCCCCCCCCCO.N=C=O.N=C=O. The molecule has 0 rings (SSSR count). The van der Waals surface area contributed by atoms with E-state index in [-0.39, 0.29) is 0 Å². The van der Waals surface area contributed by atoms with Crippen molar-refractivity contribution in [1.82, 2.24) is 0 Å². The summed E-state index contributed by atoms with van der Waals surface area (Å²) in [5.41, 5.74) is 0. The van der Waals surface area contributed by atoms with Gasteiger partial charge in [-0.15, -0.1) is 0 Å². The Hall–Kier alpha value is -1.28. The van der Waals surface area contributed by atoms with Gasteiger partial charge in [0.25, 0.3) is 0 Å². The predicted octanol–water partition coefficient (Wildman–Crippen LogP) is 4.09. The first-order valence-electron chi connectivity index (χ1n) is 7.43. The second-order valence-electron chi connectivity index (χ2n) is 4.46. The Kier molecular flexibility index (Phi) is 36.4. The predicted molar refractivity (Wildman–Crippen MR) is 80.4 cm³/mol. The van der Waals surface area contributed by atoms with Gasteiger partial charge in [0.2, 0.25) is 12.2 Å². The fourth-order valence-electron chi connectivity index (χ4n) is 1.78. The van der Waals surface area contributed by atoms with E-state index in [0.717, 1.165) is 18.6 Å². The van der Waals surface area contributed by atoms with E-state index >= 15 is 0 Å². The minimum absolute atomic E-state index is 0.372. The van der Waals surface area contributed by atoms with Crippen LogP contribution in [-0.4, -0.2) is 23.9 Å². The van der Waals surface area contributed by atoms with Gasteiger partial charge in [-0.05, 0) is 6.42 Å². The summed E-state index contributed by atoms with van der Waals surface area (Å²) in [6, 6.07) is 0. The Labute approximate surface area is 122 Å². The van der Waals surface area contributed by atoms with Gasteiger partial charge in [-0.2, -0.15) is 0 Å². The molecule has 5 nitrogen and oxygen atoms in total. The van der Waals surface area contributed by atoms with Gasteiger partial charge in [-0.3, -0.25) is 0 Å². The lowest BCUT2D eigenvalue weighted by Gasteiger charge is -2.01. The average molecular weight is 286 g/mol. The summed E-state index contributed by atoms with van der Waals surface area (Å²) in [6.07, 6.45) is 16.3. The molecule has 0 aromatic rings. The largest absolute Gasteiger partial charge is 0.396 e. The number of aliphatic hydroxyl groups is 1. The molecular formula is C15H30N2O3. The molecule has 0 heterocycles. The molecule has 0 aliphatic heterocycles. The van der Waals surface area contributed by atoms with Crippen molar-refractivity contribution >= 4 is 12.2 Å². The smallest absolute Gasteiger partial charge is 0.231 e. The number of rotatable bonds is 11. The minimum atomic E-state index is 0.372. The third kappa shape index (κ3) is 43.7. The van der Waals surface area contributed by atoms with Crippen molar-refractivity contribution in [2.24, 2.45) is 0 Å². The lowest BCUT2D eigenvalue weighted by Crippen LogP contribution is -1.84. The molecule has 0 spiro atoms. The standard InChI is InChI=1S/C13H28O.2CHNO/c1-2-3-4-5-6-7-8-9-10-11-12-13-14;2*2-1-3/h14H,2-13H2,1H3;2*2H. The highest BCUT2D eigenvalue weighted by Gasteiger charge is 1.91. The van der Waals surface area contributed by atoms with Gasteiger partial charge in [-0.1, -0.05) is 71.1 Å². The third-order valence-electron chi connectivity index (χ3n) is 2.76. The number of aliphatic hydroxyl groups excluding tert-OH is 1. The molecule has 0 saturated heterocycles. The highest BCUT2D eigenvalue weighted by Crippen LogP contribution is 2.10. The Morgan fingerprint density at radius 2 is 0.950 bits per heavy atom. The van der Waals surface area contributed by atoms with Crippen molar-refractivity contribution in [3.8, 4) is 0 Å². The van der Waals surface area contributed by atoms with E-state index in [2.05, 4.69) is 6.92 Å². The molecule has 0 saturated carbocycles. The summed E-state index contributed by atoms with van der Waals surface area (Å²) >= 11 is 0. The van der Waals surface area contributed by atoms with Crippen LogP contribution in [0.5, 0.6) is 0 Å². The molecule has 0 unspecified atom stereocenters. The van der Waals surface area contributed by atoms with Gasteiger partial charge >= 0.3 is 0 Å². The monoisotopic (exact) mass is 286 g/mol. The number of nitrogens with one attached hydrogen (secondary N) is 2. The summed E-state index contributed by atoms with van der Waals surface area (Å²) in [6.45, 7) is 2.64. The van der Waals surface area contributed by atoms with E-state index < -0.39 is 0 Å². The molecule has 0 aliphatic carbocycles. The van der Waals surface area contributed by atoms with E-state index in [0.29, 0.717) is 6.61 Å². The molecule has 0 aliphatic rings. The number of hydrogen-bond acceptors (Lipinski definition) is 5. The van der Waals surface area contributed by atoms with Crippen LogP contribution in [0.1, 0.15) is 77.6 Å². The number of hydrogen-bond donors (Lipinski definition) is 3. The van der Waals surface area contributed by atoms with E-state index in [1.54, 1.807) is 0 Å². The van der Waals surface area contributed by atoms with Crippen molar-refractivity contribution in [3.05, 3.63) is 0 Å². The second-order valence-corrected chi connectivity index (χ2v) is 4.46. The van der Waals surface area contributed by atoms with Crippen molar-refractivity contribution in [3.63, 3.8) is 0 Å². The summed E-state index contributed by atoms with van der Waals surface area (Å²) < 4.78 is 0. The molecule has 0 bridgehead atoms. The van der Waals surface area contributed by atoms with Crippen molar-refractivity contribution in [2.75, 3.05) is 6.61 Å². The van der Waals surface area contributed by atoms with E-state index in [9.17, 15) is 0 Å². The van der Waals surface area contributed by atoms with Crippen molar-refractivity contribution < 1.29 is 14.7 Å². The number of unbranched alkanes of at least 4 members (excludes halogenated alkanes) is 10. The van der Waals surface area contributed by atoms with Gasteiger partial charge in [0.1, 0.15) is 0 Å². The van der Waals surface area contributed by atoms with Crippen LogP contribution in [0.3, 0.4) is 0 Å². The average Bonchev–Trinajstić information content (AvgIpc) is 2.43. The van der Waals surface area contributed by atoms with Crippen LogP contribution in [-0.2, 0) is 9.59 Å². The Morgan fingerprint density at radius 3 is 1.20 bits per heavy atom. The normalized spacial score (nSPS) is 8.30. The maximum absolute atomic E-state index is 8.59. The van der Waals surface area contributed by atoms with E-state index in [4.69, 9.17) is 25.5 Å². The Morgan fingerprint density at radius 1 is 0.700 bits per heavy atom. The zero-order valence-electron chi connectivity index (χ0n) is 12.7. The lowest BCUT2D eigenvalue weighted by molar-refractivity contribution is 0.282. The molecule has 20 heavy (non-hydrogen) atoms. The minimum Gasteiger partial charge on any atom is -0.396 e.